The summed E-state index contributed by atoms with van der Waals surface area (Å²) in [6.45, 7) is 0.908. The van der Waals surface area contributed by atoms with Gasteiger partial charge in [-0.1, -0.05) is 0 Å². The van der Waals surface area contributed by atoms with Crippen LogP contribution >= 0.6 is 0 Å². The fourth-order valence-electron chi connectivity index (χ4n) is 0.565. The summed E-state index contributed by atoms with van der Waals surface area (Å²) in [5.41, 5.74) is 2.66. The molecule has 0 bridgehead atoms. The molecule has 3 heteroatoms. The first-order valence-corrected chi connectivity index (χ1v) is 2.41. The minimum atomic E-state index is 0.181. The molecule has 0 aliphatic carbocycles. The molecule has 1 rings (SSSR count). The van der Waals surface area contributed by atoms with Gasteiger partial charge in [-0.05, 0) is 6.42 Å². The van der Waals surface area contributed by atoms with E-state index >= 15 is 0 Å². The Bertz CT molecular complexity index is 51.7. The molecule has 0 unspecified atom stereocenters. The van der Waals surface area contributed by atoms with Crippen LogP contribution in [0.25, 0.3) is 0 Å². The van der Waals surface area contributed by atoms with E-state index in [1.54, 1.807) is 0 Å². The van der Waals surface area contributed by atoms with Crippen LogP contribution in [0.15, 0.2) is 0 Å². The van der Waals surface area contributed by atoms with Crippen LogP contribution in [0.2, 0.25) is 0 Å². The van der Waals surface area contributed by atoms with Gasteiger partial charge in [-0.3, -0.25) is 0 Å². The van der Waals surface area contributed by atoms with Crippen molar-refractivity contribution in [3.8, 4) is 0 Å². The summed E-state index contributed by atoms with van der Waals surface area (Å²) >= 11 is 0. The zero-order chi connectivity index (χ0) is 5.11. The average molecular weight is 103 g/mol. The van der Waals surface area contributed by atoms with Gasteiger partial charge in [0.25, 0.3) is 0 Å². The molecule has 0 aromatic rings. The predicted octanol–water partition coefficient (Wildman–Crippen LogP) is -0.728. The van der Waals surface area contributed by atoms with Gasteiger partial charge in [-0.25, -0.2) is 0 Å². The van der Waals surface area contributed by atoms with Gasteiger partial charge in [0, 0.05) is 0 Å². The van der Waals surface area contributed by atoms with Crippen LogP contribution in [-0.4, -0.2) is 24.4 Å². The zero-order valence-electron chi connectivity index (χ0n) is 4.05. The maximum absolute atomic E-state index is 8.42. The molecule has 1 aliphatic rings. The first kappa shape index (κ1) is 5.03. The lowest BCUT2D eigenvalue weighted by Crippen LogP contribution is -2.23. The lowest BCUT2D eigenvalue weighted by molar-refractivity contribution is 0.0758. The highest BCUT2D eigenvalue weighted by atomic mass is 16.7. The second-order valence-corrected chi connectivity index (χ2v) is 1.63. The monoisotopic (exact) mass is 103 g/mol. The number of nitrogens with one attached hydrogen (secondary N) is 1. The number of aliphatic hydroxyl groups excluding tert-OH is 1. The van der Waals surface area contributed by atoms with E-state index in [0.717, 1.165) is 13.0 Å². The van der Waals surface area contributed by atoms with Gasteiger partial charge < -0.3 is 9.94 Å². The van der Waals surface area contributed by atoms with E-state index in [1.165, 1.54) is 0 Å². The molecule has 1 atom stereocenters. The maximum Gasteiger partial charge on any atom is 0.0698 e. The Balaban J connectivity index is 2.14. The summed E-state index contributed by atoms with van der Waals surface area (Å²) in [5.74, 6) is 0. The van der Waals surface area contributed by atoms with Crippen LogP contribution in [0, 0.1) is 0 Å². The Kier molecular flexibility index (Phi) is 1.62. The number of rotatable bonds is 1. The molecular formula is C4H9NO2. The molecule has 2 N–H and O–H groups in total. The van der Waals surface area contributed by atoms with Gasteiger partial charge in [0.1, 0.15) is 0 Å². The molecule has 0 spiro atoms. The summed E-state index contributed by atoms with van der Waals surface area (Å²) in [6.07, 6.45) is 0.927. The average Bonchev–Trinajstić information content (AvgIpc) is 2.14. The van der Waals surface area contributed by atoms with Crippen LogP contribution in [0.4, 0.5) is 0 Å². The van der Waals surface area contributed by atoms with Crippen molar-refractivity contribution in [2.75, 3.05) is 13.2 Å². The Hall–Kier alpha value is -0.120. The van der Waals surface area contributed by atoms with Crippen molar-refractivity contribution in [1.82, 2.24) is 5.48 Å². The summed E-state index contributed by atoms with van der Waals surface area (Å²) in [4.78, 5) is 4.74. The summed E-state index contributed by atoms with van der Waals surface area (Å²) < 4.78 is 0. The van der Waals surface area contributed by atoms with Gasteiger partial charge in [-0.15, -0.1) is 0 Å². The van der Waals surface area contributed by atoms with E-state index in [0.29, 0.717) is 0 Å². The van der Waals surface area contributed by atoms with Gasteiger partial charge in [-0.2, -0.15) is 5.48 Å². The van der Waals surface area contributed by atoms with E-state index in [-0.39, 0.29) is 12.6 Å². The number of hydroxylamine groups is 1. The third-order valence-corrected chi connectivity index (χ3v) is 1.04. The molecule has 0 aromatic heterocycles. The van der Waals surface area contributed by atoms with Gasteiger partial charge >= 0.3 is 0 Å². The van der Waals surface area contributed by atoms with Gasteiger partial charge in [0.05, 0.1) is 19.3 Å². The zero-order valence-corrected chi connectivity index (χ0v) is 4.05. The van der Waals surface area contributed by atoms with E-state index in [4.69, 9.17) is 9.94 Å². The minimum absolute atomic E-state index is 0.181. The molecule has 1 saturated heterocycles. The van der Waals surface area contributed by atoms with Crippen molar-refractivity contribution in [3.63, 3.8) is 0 Å². The van der Waals surface area contributed by atoms with Crippen LogP contribution in [0.1, 0.15) is 6.42 Å². The van der Waals surface area contributed by atoms with Gasteiger partial charge in [0.15, 0.2) is 0 Å². The third kappa shape index (κ3) is 1.12. The van der Waals surface area contributed by atoms with Crippen molar-refractivity contribution in [2.45, 2.75) is 12.5 Å². The smallest absolute Gasteiger partial charge is 0.0698 e. The highest BCUT2D eigenvalue weighted by Crippen LogP contribution is 1.97. The Morgan fingerprint density at radius 2 is 2.71 bits per heavy atom. The van der Waals surface area contributed by atoms with Crippen LogP contribution < -0.4 is 5.48 Å². The molecule has 1 aliphatic heterocycles. The molecule has 1 fully saturated rings. The standard InChI is InChI=1S/C4H9NO2/c6-3-4-1-2-7-5-4/h4-6H,1-3H2/t4-/m0/s1. The van der Waals surface area contributed by atoms with E-state index in [9.17, 15) is 0 Å². The molecule has 0 saturated carbocycles. The molecule has 1 heterocycles. The largest absolute Gasteiger partial charge is 0.395 e. The maximum atomic E-state index is 8.42. The molecule has 0 radical (unpaired) electrons. The number of hydrogen-bond donors (Lipinski definition) is 2. The van der Waals surface area contributed by atoms with E-state index in [1.807, 2.05) is 0 Å². The molecular weight excluding hydrogens is 94.0 g/mol. The van der Waals surface area contributed by atoms with Crippen LogP contribution in [-0.2, 0) is 4.84 Å². The molecule has 3 nitrogen and oxygen atoms in total. The van der Waals surface area contributed by atoms with Crippen molar-refractivity contribution >= 4 is 0 Å². The molecule has 0 aromatic carbocycles. The van der Waals surface area contributed by atoms with Crippen molar-refractivity contribution in [2.24, 2.45) is 0 Å². The summed E-state index contributed by atoms with van der Waals surface area (Å²) in [5, 5.41) is 8.42. The molecule has 0 amide bonds. The topological polar surface area (TPSA) is 41.5 Å². The normalized spacial score (nSPS) is 31.3. The highest BCUT2D eigenvalue weighted by molar-refractivity contribution is 4.63. The Morgan fingerprint density at radius 3 is 3.00 bits per heavy atom. The Morgan fingerprint density at radius 1 is 1.86 bits per heavy atom. The third-order valence-electron chi connectivity index (χ3n) is 1.04. The SMILES string of the molecule is OC[C@@H]1CCON1. The van der Waals surface area contributed by atoms with Crippen molar-refractivity contribution < 1.29 is 9.94 Å². The quantitative estimate of drug-likeness (QED) is 0.460. The highest BCUT2D eigenvalue weighted by Gasteiger charge is 2.11. The second-order valence-electron chi connectivity index (χ2n) is 1.63. The van der Waals surface area contributed by atoms with Crippen molar-refractivity contribution in [3.05, 3.63) is 0 Å². The van der Waals surface area contributed by atoms with Gasteiger partial charge in [0.2, 0.25) is 0 Å². The first-order valence-electron chi connectivity index (χ1n) is 2.41. The molecule has 7 heavy (non-hydrogen) atoms. The minimum Gasteiger partial charge on any atom is -0.395 e. The van der Waals surface area contributed by atoms with Crippen LogP contribution in [0.3, 0.4) is 0 Å². The second kappa shape index (κ2) is 2.26. The number of aliphatic hydroxyl groups is 1. The van der Waals surface area contributed by atoms with Crippen LogP contribution in [0.5, 0.6) is 0 Å². The fraction of sp³-hybridized carbons (Fsp3) is 1.00. The number of hydrogen-bond acceptors (Lipinski definition) is 3. The first-order chi connectivity index (χ1) is 3.43. The molecule has 42 valence electrons. The summed E-state index contributed by atoms with van der Waals surface area (Å²) in [7, 11) is 0. The fourth-order valence-corrected chi connectivity index (χ4v) is 0.565. The lowest BCUT2D eigenvalue weighted by Gasteiger charge is -1.99. The Labute approximate surface area is 42.2 Å². The van der Waals surface area contributed by atoms with Crippen molar-refractivity contribution in [1.29, 1.82) is 0 Å². The summed E-state index contributed by atoms with van der Waals surface area (Å²) in [6, 6.07) is 0.181. The predicted molar refractivity (Wildman–Crippen MR) is 24.6 cm³/mol. The van der Waals surface area contributed by atoms with E-state index < -0.39 is 0 Å². The lowest BCUT2D eigenvalue weighted by atomic mass is 10.3. The van der Waals surface area contributed by atoms with E-state index in [2.05, 4.69) is 5.48 Å².